The van der Waals surface area contributed by atoms with Crippen molar-refractivity contribution in [1.82, 2.24) is 20.2 Å². The second-order valence-corrected chi connectivity index (χ2v) is 10.2. The summed E-state index contributed by atoms with van der Waals surface area (Å²) in [4.78, 5) is 12.1. The molecule has 0 spiro atoms. The second-order valence-electron chi connectivity index (χ2n) is 8.45. The number of benzene rings is 1. The van der Waals surface area contributed by atoms with Crippen LogP contribution >= 0.6 is 0 Å². The minimum atomic E-state index is -3.53. The summed E-state index contributed by atoms with van der Waals surface area (Å²) in [7, 11) is -3.53. The number of fused-ring (bicyclic) bond motifs is 1. The minimum absolute atomic E-state index is 0.0562. The van der Waals surface area contributed by atoms with E-state index in [-0.39, 0.29) is 18.2 Å². The lowest BCUT2D eigenvalue weighted by atomic mass is 9.85. The normalized spacial score (nSPS) is 22.5. The number of amides is 1. The Morgan fingerprint density at radius 3 is 2.74 bits per heavy atom. The Morgan fingerprint density at radius 2 is 2.00 bits per heavy atom. The van der Waals surface area contributed by atoms with Gasteiger partial charge < -0.3 is 15.4 Å². The summed E-state index contributed by atoms with van der Waals surface area (Å²) in [6.45, 7) is 4.22. The lowest BCUT2D eigenvalue weighted by Gasteiger charge is -2.27. The van der Waals surface area contributed by atoms with E-state index in [0.29, 0.717) is 35.3 Å². The van der Waals surface area contributed by atoms with Crippen molar-refractivity contribution in [3.8, 4) is 0 Å². The SMILES string of the molecule is CC(C)NC(=O)OC1CCC(c2cc(Nc3cccc4c3S(=O)(=O)NCC4)n[nH]2)CC1. The topological polar surface area (TPSA) is 125 Å². The molecular weight excluding hydrogens is 418 g/mol. The molecule has 1 saturated carbocycles. The van der Waals surface area contributed by atoms with Gasteiger partial charge in [-0.3, -0.25) is 5.10 Å². The number of anilines is 2. The first-order chi connectivity index (χ1) is 14.8. The highest BCUT2D eigenvalue weighted by atomic mass is 32.2. The number of H-pyrrole nitrogens is 1. The van der Waals surface area contributed by atoms with Crippen LogP contribution < -0.4 is 15.4 Å². The Balaban J connectivity index is 1.39. The molecule has 4 rings (SSSR count). The molecule has 0 atom stereocenters. The largest absolute Gasteiger partial charge is 0.446 e. The van der Waals surface area contributed by atoms with E-state index in [9.17, 15) is 13.2 Å². The number of hydrogen-bond acceptors (Lipinski definition) is 6. The van der Waals surface area contributed by atoms with Crippen molar-refractivity contribution in [1.29, 1.82) is 0 Å². The fourth-order valence-corrected chi connectivity index (χ4v) is 5.69. The molecule has 1 aliphatic carbocycles. The van der Waals surface area contributed by atoms with Gasteiger partial charge in [0.25, 0.3) is 0 Å². The van der Waals surface area contributed by atoms with Crippen molar-refractivity contribution in [3.05, 3.63) is 35.5 Å². The molecule has 0 bridgehead atoms. The Kier molecular flexibility index (Phi) is 6.19. The third-order valence-corrected chi connectivity index (χ3v) is 7.31. The van der Waals surface area contributed by atoms with Gasteiger partial charge in [0, 0.05) is 30.3 Å². The first-order valence-electron chi connectivity index (χ1n) is 10.7. The van der Waals surface area contributed by atoms with Gasteiger partial charge in [0.15, 0.2) is 5.82 Å². The van der Waals surface area contributed by atoms with Crippen LogP contribution in [0.3, 0.4) is 0 Å². The first-order valence-corrected chi connectivity index (χ1v) is 12.2. The molecule has 31 heavy (non-hydrogen) atoms. The van der Waals surface area contributed by atoms with Gasteiger partial charge in [0.2, 0.25) is 10.0 Å². The van der Waals surface area contributed by atoms with Crippen molar-refractivity contribution in [2.24, 2.45) is 0 Å². The maximum atomic E-state index is 12.5. The maximum Gasteiger partial charge on any atom is 0.407 e. The second kappa shape index (κ2) is 8.88. The average Bonchev–Trinajstić information content (AvgIpc) is 3.16. The number of ether oxygens (including phenoxy) is 1. The maximum absolute atomic E-state index is 12.5. The molecule has 1 aliphatic heterocycles. The first kappa shape index (κ1) is 21.6. The number of hydrogen-bond donors (Lipinski definition) is 4. The van der Waals surface area contributed by atoms with Crippen molar-refractivity contribution in [3.63, 3.8) is 0 Å². The summed E-state index contributed by atoms with van der Waals surface area (Å²) >= 11 is 0. The Labute approximate surface area is 182 Å². The average molecular weight is 448 g/mol. The van der Waals surface area contributed by atoms with Crippen molar-refractivity contribution in [2.45, 2.75) is 68.9 Å². The van der Waals surface area contributed by atoms with Crippen LogP contribution in [0.4, 0.5) is 16.3 Å². The van der Waals surface area contributed by atoms with E-state index < -0.39 is 10.0 Å². The predicted molar refractivity (Wildman–Crippen MR) is 117 cm³/mol. The zero-order valence-corrected chi connectivity index (χ0v) is 18.6. The van der Waals surface area contributed by atoms with Crippen LogP contribution in [0.5, 0.6) is 0 Å². The van der Waals surface area contributed by atoms with E-state index in [1.165, 1.54) is 0 Å². The van der Waals surface area contributed by atoms with Crippen LogP contribution in [0, 0.1) is 0 Å². The molecule has 0 unspecified atom stereocenters. The van der Waals surface area contributed by atoms with Crippen LogP contribution in [-0.4, -0.2) is 43.4 Å². The number of carbonyl (C=O) groups is 1. The van der Waals surface area contributed by atoms with E-state index in [2.05, 4.69) is 25.6 Å². The number of nitrogens with one attached hydrogen (secondary N) is 4. The highest BCUT2D eigenvalue weighted by molar-refractivity contribution is 7.89. The number of alkyl carbamates (subject to hydrolysis) is 1. The summed E-state index contributed by atoms with van der Waals surface area (Å²) in [6, 6.07) is 7.44. The van der Waals surface area contributed by atoms with E-state index in [1.807, 2.05) is 32.0 Å². The van der Waals surface area contributed by atoms with Crippen molar-refractivity contribution in [2.75, 3.05) is 11.9 Å². The molecule has 1 amide bonds. The van der Waals surface area contributed by atoms with Gasteiger partial charge in [-0.15, -0.1) is 0 Å². The molecule has 1 fully saturated rings. The molecule has 1 aromatic carbocycles. The predicted octanol–water partition coefficient (Wildman–Crippen LogP) is 3.15. The van der Waals surface area contributed by atoms with Gasteiger partial charge >= 0.3 is 6.09 Å². The molecule has 2 aliphatic rings. The highest BCUT2D eigenvalue weighted by Crippen LogP contribution is 2.35. The minimum Gasteiger partial charge on any atom is -0.446 e. The molecule has 2 heterocycles. The molecule has 1 aromatic heterocycles. The third kappa shape index (κ3) is 5.01. The molecule has 0 saturated heterocycles. The zero-order chi connectivity index (χ0) is 22.0. The quantitative estimate of drug-likeness (QED) is 0.558. The summed E-state index contributed by atoms with van der Waals surface area (Å²) < 4.78 is 33.0. The van der Waals surface area contributed by atoms with E-state index in [0.717, 1.165) is 36.9 Å². The van der Waals surface area contributed by atoms with Crippen LogP contribution in [-0.2, 0) is 21.2 Å². The number of rotatable bonds is 5. The fourth-order valence-electron chi connectivity index (χ4n) is 4.25. The number of carbonyl (C=O) groups excluding carboxylic acids is 1. The van der Waals surface area contributed by atoms with Gasteiger partial charge in [0.1, 0.15) is 11.0 Å². The van der Waals surface area contributed by atoms with Gasteiger partial charge in [-0.2, -0.15) is 5.10 Å². The molecule has 0 radical (unpaired) electrons. The Hall–Kier alpha value is -2.59. The van der Waals surface area contributed by atoms with Crippen LogP contribution in [0.1, 0.15) is 56.7 Å². The lowest BCUT2D eigenvalue weighted by molar-refractivity contribution is 0.0697. The number of aromatic nitrogens is 2. The number of nitrogens with zero attached hydrogens (tertiary/aromatic N) is 1. The van der Waals surface area contributed by atoms with Gasteiger partial charge in [0.05, 0.1) is 5.69 Å². The van der Waals surface area contributed by atoms with E-state index >= 15 is 0 Å². The smallest absolute Gasteiger partial charge is 0.407 e. The van der Waals surface area contributed by atoms with Crippen LogP contribution in [0.2, 0.25) is 0 Å². The van der Waals surface area contributed by atoms with Crippen LogP contribution in [0.15, 0.2) is 29.2 Å². The van der Waals surface area contributed by atoms with Gasteiger partial charge in [-0.05, 0) is 57.6 Å². The molecule has 10 heteroatoms. The number of sulfonamides is 1. The third-order valence-electron chi connectivity index (χ3n) is 5.71. The Bertz CT molecular complexity index is 1040. The van der Waals surface area contributed by atoms with Crippen molar-refractivity contribution >= 4 is 27.6 Å². The summed E-state index contributed by atoms with van der Waals surface area (Å²) in [5, 5.41) is 13.3. The number of aromatic amines is 1. The standard InChI is InChI=1S/C21H29N5O4S/c1-13(2)23-21(27)30-16-8-6-14(7-9-16)18-12-19(26-25-18)24-17-5-3-4-15-10-11-22-31(28,29)20(15)17/h3-5,12-14,16,22H,6-11H2,1-2H3,(H,23,27)(H2,24,25,26). The van der Waals surface area contributed by atoms with Crippen molar-refractivity contribution < 1.29 is 17.9 Å². The van der Waals surface area contributed by atoms with Gasteiger partial charge in [-0.1, -0.05) is 12.1 Å². The zero-order valence-electron chi connectivity index (χ0n) is 17.8. The molecule has 2 aromatic rings. The van der Waals surface area contributed by atoms with E-state index in [1.54, 1.807) is 6.07 Å². The summed E-state index contributed by atoms with van der Waals surface area (Å²) in [5.41, 5.74) is 2.33. The lowest BCUT2D eigenvalue weighted by Crippen LogP contribution is -2.34. The van der Waals surface area contributed by atoms with Crippen LogP contribution in [0.25, 0.3) is 0 Å². The highest BCUT2D eigenvalue weighted by Gasteiger charge is 2.28. The molecule has 168 valence electrons. The molecule has 9 nitrogen and oxygen atoms in total. The molecule has 4 N–H and O–H groups in total. The summed E-state index contributed by atoms with van der Waals surface area (Å²) in [6.07, 6.45) is 3.62. The fraction of sp³-hybridized carbons (Fsp3) is 0.524. The van der Waals surface area contributed by atoms with E-state index in [4.69, 9.17) is 4.74 Å². The monoisotopic (exact) mass is 447 g/mol. The molecular formula is C21H29N5O4S. The Morgan fingerprint density at radius 1 is 1.23 bits per heavy atom. The van der Waals surface area contributed by atoms with Gasteiger partial charge in [-0.25, -0.2) is 17.9 Å². The summed E-state index contributed by atoms with van der Waals surface area (Å²) in [5.74, 6) is 0.880.